The minimum Gasteiger partial charge on any atom is -0.485 e. The summed E-state index contributed by atoms with van der Waals surface area (Å²) in [5.41, 5.74) is 3.35. The highest BCUT2D eigenvalue weighted by Gasteiger charge is 2.37. The van der Waals surface area contributed by atoms with E-state index in [1.807, 2.05) is 60.7 Å². The van der Waals surface area contributed by atoms with Gasteiger partial charge in [0, 0.05) is 12.0 Å². The summed E-state index contributed by atoms with van der Waals surface area (Å²) in [7, 11) is 0. The minimum absolute atomic E-state index is 0.0965. The van der Waals surface area contributed by atoms with Crippen LogP contribution >= 0.6 is 0 Å². The Balaban J connectivity index is 1.57. The van der Waals surface area contributed by atoms with Crippen LogP contribution < -0.4 is 20.5 Å². The van der Waals surface area contributed by atoms with Crippen LogP contribution in [0.1, 0.15) is 38.2 Å². The van der Waals surface area contributed by atoms with E-state index in [1.54, 1.807) is 18.2 Å². The molecule has 0 radical (unpaired) electrons. The molecule has 1 atom stereocenters. The Morgan fingerprint density at radius 3 is 1.64 bits per heavy atom. The van der Waals surface area contributed by atoms with Crippen LogP contribution in [0.15, 0.2) is 97.1 Å². The molecule has 0 unspecified atom stereocenters. The van der Waals surface area contributed by atoms with Crippen LogP contribution in [0.2, 0.25) is 0 Å². The molecule has 3 N–H and O–H groups in total. The van der Waals surface area contributed by atoms with E-state index in [0.717, 1.165) is 11.1 Å². The maximum absolute atomic E-state index is 13.3. The Morgan fingerprint density at radius 1 is 0.659 bits per heavy atom. The second kappa shape index (κ2) is 13.5. The molecule has 4 rings (SSSR count). The summed E-state index contributed by atoms with van der Waals surface area (Å²) in [6, 6.07) is 22.2. The van der Waals surface area contributed by atoms with Crippen molar-refractivity contribution in [3.8, 4) is 11.5 Å². The van der Waals surface area contributed by atoms with Crippen molar-refractivity contribution in [1.29, 1.82) is 0 Å². The van der Waals surface area contributed by atoms with Crippen molar-refractivity contribution in [2.24, 2.45) is 5.73 Å². The van der Waals surface area contributed by atoms with Gasteiger partial charge < -0.3 is 20.5 Å². The van der Waals surface area contributed by atoms with Crippen LogP contribution in [-0.4, -0.2) is 17.9 Å². The topological polar surface area (TPSA) is 90.7 Å². The third-order valence-corrected chi connectivity index (χ3v) is 6.42. The molecule has 0 bridgehead atoms. The molecule has 44 heavy (non-hydrogen) atoms. The summed E-state index contributed by atoms with van der Waals surface area (Å²) in [5, 5.41) is 2.16. The number of rotatable bonds is 11. The highest BCUT2D eigenvalue weighted by molar-refractivity contribution is 5.97. The molecule has 4 aromatic rings. The highest BCUT2D eigenvalue weighted by atomic mass is 19.4. The predicted octanol–water partition coefficient (Wildman–Crippen LogP) is 6.71. The normalized spacial score (nSPS) is 12.3. The molecule has 0 aliphatic rings. The first kappa shape index (κ1) is 31.9. The maximum Gasteiger partial charge on any atom is 0.416 e. The summed E-state index contributed by atoms with van der Waals surface area (Å²) in [5.74, 6) is -1.73. The van der Waals surface area contributed by atoms with Crippen LogP contribution in [0, 0.1) is 0 Å². The molecule has 0 saturated heterocycles. The first-order chi connectivity index (χ1) is 20.8. The number of ether oxygens (including phenoxy) is 2. The number of alkyl halides is 6. The Kier molecular flexibility index (Phi) is 9.82. The van der Waals surface area contributed by atoms with Gasteiger partial charge in [0.1, 0.15) is 19.3 Å². The lowest BCUT2D eigenvalue weighted by atomic mass is 10.0. The second-order valence-corrected chi connectivity index (χ2v) is 9.76. The number of carbonyl (C=O) groups is 2. The van der Waals surface area contributed by atoms with E-state index in [4.69, 9.17) is 15.2 Å². The van der Waals surface area contributed by atoms with E-state index in [9.17, 15) is 35.9 Å². The van der Waals surface area contributed by atoms with Crippen molar-refractivity contribution in [2.75, 3.05) is 0 Å². The standard InChI is InChI=1S/C32H26F6N2O4/c33-31(34,35)24-15-23(16-25(17-24)32(36,37)38)30(42)40-26(29(39)41)13-22-11-12-27(43-18-20-7-3-1-4-8-20)28(14-22)44-19-21-9-5-2-6-10-21/h1-12,14-17,26H,13,18-19H2,(H2,39,41)(H,40,42)/t26-/m1/s1. The van der Waals surface area contributed by atoms with Gasteiger partial charge in [-0.2, -0.15) is 26.3 Å². The zero-order valence-corrected chi connectivity index (χ0v) is 22.9. The van der Waals surface area contributed by atoms with E-state index >= 15 is 0 Å². The molecule has 0 heterocycles. The number of nitrogens with one attached hydrogen (secondary N) is 1. The van der Waals surface area contributed by atoms with E-state index in [1.165, 1.54) is 0 Å². The Morgan fingerprint density at radius 2 is 1.16 bits per heavy atom. The first-order valence-corrected chi connectivity index (χ1v) is 13.2. The van der Waals surface area contributed by atoms with Crippen LogP contribution in [0.5, 0.6) is 11.5 Å². The number of hydrogen-bond acceptors (Lipinski definition) is 4. The summed E-state index contributed by atoms with van der Waals surface area (Å²) >= 11 is 0. The minimum atomic E-state index is -5.15. The fourth-order valence-corrected chi connectivity index (χ4v) is 4.17. The average Bonchev–Trinajstić information content (AvgIpc) is 2.99. The molecule has 0 saturated carbocycles. The van der Waals surface area contributed by atoms with Gasteiger partial charge >= 0.3 is 12.4 Å². The summed E-state index contributed by atoms with van der Waals surface area (Å²) in [6.07, 6.45) is -10.5. The van der Waals surface area contributed by atoms with E-state index in [2.05, 4.69) is 5.32 Å². The van der Waals surface area contributed by atoms with Crippen LogP contribution in [0.25, 0.3) is 0 Å². The van der Waals surface area contributed by atoms with Crippen molar-refractivity contribution in [3.05, 3.63) is 130 Å². The van der Waals surface area contributed by atoms with Crippen molar-refractivity contribution < 1.29 is 45.4 Å². The fraction of sp³-hybridized carbons (Fsp3) is 0.188. The number of amides is 2. The molecule has 0 fully saturated rings. The first-order valence-electron chi connectivity index (χ1n) is 13.2. The molecule has 2 amide bonds. The Labute approximate surface area is 248 Å². The van der Waals surface area contributed by atoms with Crippen LogP contribution in [-0.2, 0) is 36.8 Å². The molecule has 0 aromatic heterocycles. The van der Waals surface area contributed by atoms with Crippen molar-refractivity contribution in [2.45, 2.75) is 38.0 Å². The van der Waals surface area contributed by atoms with Gasteiger partial charge in [0.15, 0.2) is 11.5 Å². The Hall–Kier alpha value is -5.00. The molecule has 230 valence electrons. The number of carbonyl (C=O) groups excluding carboxylic acids is 2. The average molecular weight is 617 g/mol. The van der Waals surface area contributed by atoms with E-state index in [0.29, 0.717) is 17.1 Å². The van der Waals surface area contributed by atoms with Crippen LogP contribution in [0.3, 0.4) is 0 Å². The molecule has 0 spiro atoms. The maximum atomic E-state index is 13.3. The van der Waals surface area contributed by atoms with Crippen molar-refractivity contribution in [1.82, 2.24) is 5.32 Å². The predicted molar refractivity (Wildman–Crippen MR) is 149 cm³/mol. The zero-order chi connectivity index (χ0) is 31.9. The lowest BCUT2D eigenvalue weighted by Crippen LogP contribution is -2.46. The number of halogens is 6. The van der Waals surface area contributed by atoms with Crippen molar-refractivity contribution >= 4 is 11.8 Å². The number of nitrogens with two attached hydrogens (primary N) is 1. The zero-order valence-electron chi connectivity index (χ0n) is 22.9. The van der Waals surface area contributed by atoms with Gasteiger partial charge in [-0.1, -0.05) is 66.7 Å². The van der Waals surface area contributed by atoms with Gasteiger partial charge in [0.2, 0.25) is 5.91 Å². The van der Waals surface area contributed by atoms with Gasteiger partial charge in [-0.25, -0.2) is 0 Å². The smallest absolute Gasteiger partial charge is 0.416 e. The number of primary amides is 1. The number of benzene rings is 4. The second-order valence-electron chi connectivity index (χ2n) is 9.76. The third-order valence-electron chi connectivity index (χ3n) is 6.42. The molecular formula is C32H26F6N2O4. The van der Waals surface area contributed by atoms with Gasteiger partial charge in [0.05, 0.1) is 11.1 Å². The van der Waals surface area contributed by atoms with Crippen molar-refractivity contribution in [3.63, 3.8) is 0 Å². The lowest BCUT2D eigenvalue weighted by molar-refractivity contribution is -0.143. The van der Waals surface area contributed by atoms with Crippen LogP contribution in [0.4, 0.5) is 26.3 Å². The number of hydrogen-bond donors (Lipinski definition) is 2. The Bertz CT molecular complexity index is 1560. The van der Waals surface area contributed by atoms with Gasteiger partial charge in [-0.05, 0) is 47.0 Å². The van der Waals surface area contributed by atoms with Gasteiger partial charge in [0.25, 0.3) is 5.91 Å². The summed E-state index contributed by atoms with van der Waals surface area (Å²) in [4.78, 5) is 25.0. The SMILES string of the molecule is NC(=O)[C@@H](Cc1ccc(OCc2ccccc2)c(OCc2ccccc2)c1)NC(=O)c1cc(C(F)(F)F)cc(C(F)(F)F)c1. The largest absolute Gasteiger partial charge is 0.485 e. The molecule has 0 aliphatic carbocycles. The highest BCUT2D eigenvalue weighted by Crippen LogP contribution is 2.36. The molecule has 12 heteroatoms. The fourth-order valence-electron chi connectivity index (χ4n) is 4.17. The van der Waals surface area contributed by atoms with Gasteiger partial charge in [-0.15, -0.1) is 0 Å². The third kappa shape index (κ3) is 8.76. The summed E-state index contributed by atoms with van der Waals surface area (Å²) in [6.45, 7) is 0.387. The molecule has 4 aromatic carbocycles. The molecule has 6 nitrogen and oxygen atoms in total. The van der Waals surface area contributed by atoms with E-state index in [-0.39, 0.29) is 37.8 Å². The molecular weight excluding hydrogens is 590 g/mol. The lowest BCUT2D eigenvalue weighted by Gasteiger charge is -2.19. The quantitative estimate of drug-likeness (QED) is 0.183. The van der Waals surface area contributed by atoms with E-state index < -0.39 is 46.9 Å². The van der Waals surface area contributed by atoms with Gasteiger partial charge in [-0.3, -0.25) is 9.59 Å². The molecule has 0 aliphatic heterocycles. The summed E-state index contributed by atoms with van der Waals surface area (Å²) < 4.78 is 91.6. The monoisotopic (exact) mass is 616 g/mol.